The molecule has 23 heavy (non-hydrogen) atoms. The van der Waals surface area contributed by atoms with Gasteiger partial charge < -0.3 is 10.2 Å². The minimum Gasteiger partial charge on any atom is -0.339 e. The van der Waals surface area contributed by atoms with Gasteiger partial charge in [0.1, 0.15) is 5.82 Å². The maximum atomic E-state index is 12.6. The quantitative estimate of drug-likeness (QED) is 0.927. The van der Waals surface area contributed by atoms with E-state index >= 15 is 0 Å². The Kier molecular flexibility index (Phi) is 3.83. The van der Waals surface area contributed by atoms with Crippen molar-refractivity contribution in [1.29, 1.82) is 0 Å². The Bertz CT molecular complexity index is 601. The van der Waals surface area contributed by atoms with Gasteiger partial charge in [-0.15, -0.1) is 0 Å². The minimum atomic E-state index is -0.230. The summed E-state index contributed by atoms with van der Waals surface area (Å²) in [6.45, 7) is 0.576. The van der Waals surface area contributed by atoms with Gasteiger partial charge >= 0.3 is 0 Å². The topological polar surface area (TPSA) is 67.2 Å². The van der Waals surface area contributed by atoms with Crippen molar-refractivity contribution in [3.63, 3.8) is 0 Å². The Labute approximate surface area is 136 Å². The van der Waals surface area contributed by atoms with E-state index in [0.29, 0.717) is 25.0 Å². The lowest BCUT2D eigenvalue weighted by molar-refractivity contribution is -0.130. The van der Waals surface area contributed by atoms with Crippen LogP contribution in [0.15, 0.2) is 12.3 Å². The molecule has 1 aliphatic heterocycles. The summed E-state index contributed by atoms with van der Waals surface area (Å²) in [5, 5.41) is 7.27. The summed E-state index contributed by atoms with van der Waals surface area (Å²) < 4.78 is 1.90. The standard InChI is InChI=1S/C17H24N4O2/c22-16-10-12(11-20(16)13-4-2-1-3-5-13)17(23)19-15-8-9-18-21(15)14-6-7-14/h8-9,12-14H,1-7,10-11H2,(H,19,23). The molecule has 1 unspecified atom stereocenters. The van der Waals surface area contributed by atoms with E-state index in [-0.39, 0.29) is 17.7 Å². The van der Waals surface area contributed by atoms with Crippen molar-refractivity contribution in [3.8, 4) is 0 Å². The highest BCUT2D eigenvalue weighted by atomic mass is 16.2. The zero-order valence-corrected chi connectivity index (χ0v) is 13.4. The molecule has 2 saturated carbocycles. The van der Waals surface area contributed by atoms with Crippen LogP contribution in [0.3, 0.4) is 0 Å². The summed E-state index contributed by atoms with van der Waals surface area (Å²) in [7, 11) is 0. The van der Waals surface area contributed by atoms with Crippen LogP contribution in [0.5, 0.6) is 0 Å². The van der Waals surface area contributed by atoms with Gasteiger partial charge in [0.2, 0.25) is 11.8 Å². The summed E-state index contributed by atoms with van der Waals surface area (Å²) in [4.78, 5) is 26.8. The molecule has 0 radical (unpaired) electrons. The van der Waals surface area contributed by atoms with Gasteiger partial charge in [0.25, 0.3) is 0 Å². The molecule has 6 nitrogen and oxygen atoms in total. The fourth-order valence-corrected chi connectivity index (χ4v) is 3.90. The van der Waals surface area contributed by atoms with Crippen LogP contribution in [0.2, 0.25) is 0 Å². The van der Waals surface area contributed by atoms with E-state index < -0.39 is 0 Å². The fourth-order valence-electron chi connectivity index (χ4n) is 3.90. The second-order valence-corrected chi connectivity index (χ2v) is 7.12. The molecule has 0 aromatic carbocycles. The van der Waals surface area contributed by atoms with Crippen LogP contribution in [0, 0.1) is 5.92 Å². The molecule has 2 aliphatic carbocycles. The van der Waals surface area contributed by atoms with E-state index in [0.717, 1.165) is 31.5 Å². The van der Waals surface area contributed by atoms with Gasteiger partial charge in [0.05, 0.1) is 18.2 Å². The van der Waals surface area contributed by atoms with E-state index in [2.05, 4.69) is 10.4 Å². The molecule has 3 fully saturated rings. The number of aromatic nitrogens is 2. The first-order valence-corrected chi connectivity index (χ1v) is 8.86. The van der Waals surface area contributed by atoms with E-state index in [1.165, 1.54) is 19.3 Å². The Hall–Kier alpha value is -1.85. The number of carbonyl (C=O) groups excluding carboxylic acids is 2. The smallest absolute Gasteiger partial charge is 0.230 e. The first-order chi connectivity index (χ1) is 11.2. The van der Waals surface area contributed by atoms with Gasteiger partial charge in [-0.25, -0.2) is 4.68 Å². The molecule has 1 N–H and O–H groups in total. The molecule has 0 bridgehead atoms. The average Bonchev–Trinajstić information content (AvgIpc) is 3.18. The SMILES string of the molecule is O=C(Nc1ccnn1C1CC1)C1CC(=O)N(C2CCCCC2)C1. The van der Waals surface area contributed by atoms with Crippen LogP contribution in [-0.2, 0) is 9.59 Å². The highest BCUT2D eigenvalue weighted by Crippen LogP contribution is 2.36. The number of amides is 2. The van der Waals surface area contributed by atoms with Gasteiger partial charge in [-0.05, 0) is 25.7 Å². The Morgan fingerprint density at radius 2 is 1.91 bits per heavy atom. The predicted octanol–water partition coefficient (Wildman–Crippen LogP) is 2.34. The minimum absolute atomic E-state index is 0.0425. The zero-order chi connectivity index (χ0) is 15.8. The molecule has 1 aromatic rings. The highest BCUT2D eigenvalue weighted by Gasteiger charge is 2.38. The summed E-state index contributed by atoms with van der Waals surface area (Å²) in [6, 6.07) is 2.63. The largest absolute Gasteiger partial charge is 0.339 e. The maximum Gasteiger partial charge on any atom is 0.230 e. The Balaban J connectivity index is 1.39. The molecule has 1 atom stereocenters. The van der Waals surface area contributed by atoms with Crippen molar-refractivity contribution in [2.75, 3.05) is 11.9 Å². The van der Waals surface area contributed by atoms with Gasteiger partial charge in [-0.3, -0.25) is 9.59 Å². The lowest BCUT2D eigenvalue weighted by Crippen LogP contribution is -2.38. The summed E-state index contributed by atoms with van der Waals surface area (Å²) >= 11 is 0. The van der Waals surface area contributed by atoms with Gasteiger partial charge in [0.15, 0.2) is 0 Å². The molecule has 4 rings (SSSR count). The number of carbonyl (C=O) groups is 2. The van der Waals surface area contributed by atoms with E-state index in [9.17, 15) is 9.59 Å². The van der Waals surface area contributed by atoms with Gasteiger partial charge in [-0.2, -0.15) is 5.10 Å². The molecule has 1 aromatic heterocycles. The molecule has 1 saturated heterocycles. The van der Waals surface area contributed by atoms with Crippen LogP contribution >= 0.6 is 0 Å². The van der Waals surface area contributed by atoms with Crippen LogP contribution in [0.1, 0.15) is 57.4 Å². The third-order valence-electron chi connectivity index (χ3n) is 5.36. The van der Waals surface area contributed by atoms with Crippen molar-refractivity contribution in [2.24, 2.45) is 5.92 Å². The molecule has 6 heteroatoms. The number of anilines is 1. The molecule has 2 heterocycles. The molecular weight excluding hydrogens is 292 g/mol. The second-order valence-electron chi connectivity index (χ2n) is 7.12. The van der Waals surface area contributed by atoms with Crippen molar-refractivity contribution >= 4 is 17.6 Å². The third kappa shape index (κ3) is 2.99. The lowest BCUT2D eigenvalue weighted by atomic mass is 9.94. The normalized spacial score (nSPS) is 25.8. The fraction of sp³-hybridized carbons (Fsp3) is 0.706. The van der Waals surface area contributed by atoms with E-state index in [1.54, 1.807) is 6.20 Å². The number of rotatable bonds is 4. The van der Waals surface area contributed by atoms with Crippen LogP contribution < -0.4 is 5.32 Å². The van der Waals surface area contributed by atoms with Crippen LogP contribution in [0.25, 0.3) is 0 Å². The number of likely N-dealkylation sites (tertiary alicyclic amines) is 1. The Morgan fingerprint density at radius 3 is 2.65 bits per heavy atom. The van der Waals surface area contributed by atoms with Crippen molar-refractivity contribution in [3.05, 3.63) is 12.3 Å². The maximum absolute atomic E-state index is 12.6. The molecule has 0 spiro atoms. The third-order valence-corrected chi connectivity index (χ3v) is 5.36. The van der Waals surface area contributed by atoms with Crippen LogP contribution in [0.4, 0.5) is 5.82 Å². The monoisotopic (exact) mass is 316 g/mol. The average molecular weight is 316 g/mol. The summed E-state index contributed by atoms with van der Waals surface area (Å²) in [5.41, 5.74) is 0. The number of nitrogens with one attached hydrogen (secondary N) is 1. The van der Waals surface area contributed by atoms with Crippen molar-refractivity contribution in [2.45, 2.75) is 63.5 Å². The highest BCUT2D eigenvalue weighted by molar-refractivity contribution is 5.96. The van der Waals surface area contributed by atoms with Gasteiger partial charge in [-0.1, -0.05) is 19.3 Å². The molecule has 2 amide bonds. The number of nitrogens with zero attached hydrogens (tertiary/aromatic N) is 3. The van der Waals surface area contributed by atoms with Crippen molar-refractivity contribution in [1.82, 2.24) is 14.7 Å². The summed E-state index contributed by atoms with van der Waals surface area (Å²) in [6.07, 6.45) is 10.2. The van der Waals surface area contributed by atoms with E-state index in [1.807, 2.05) is 15.6 Å². The number of hydrogen-bond acceptors (Lipinski definition) is 3. The summed E-state index contributed by atoms with van der Waals surface area (Å²) in [5.74, 6) is 0.639. The Morgan fingerprint density at radius 1 is 1.13 bits per heavy atom. The van der Waals surface area contributed by atoms with Crippen molar-refractivity contribution < 1.29 is 9.59 Å². The predicted molar refractivity (Wildman–Crippen MR) is 85.8 cm³/mol. The second kappa shape index (κ2) is 5.98. The lowest BCUT2D eigenvalue weighted by Gasteiger charge is -2.31. The molecular formula is C17H24N4O2. The van der Waals surface area contributed by atoms with E-state index in [4.69, 9.17) is 0 Å². The van der Waals surface area contributed by atoms with Crippen LogP contribution in [-0.4, -0.2) is 39.1 Å². The molecule has 3 aliphatic rings. The first-order valence-electron chi connectivity index (χ1n) is 8.86. The zero-order valence-electron chi connectivity index (χ0n) is 13.4. The van der Waals surface area contributed by atoms with Gasteiger partial charge in [0, 0.05) is 25.1 Å². The first kappa shape index (κ1) is 14.7. The number of hydrogen-bond donors (Lipinski definition) is 1. The molecule has 124 valence electrons.